The van der Waals surface area contributed by atoms with Crippen LogP contribution in [0.15, 0.2) is 0 Å². The highest BCUT2D eigenvalue weighted by molar-refractivity contribution is 7.25. The lowest BCUT2D eigenvalue weighted by Crippen LogP contribution is -2.13. The fourth-order valence-corrected chi connectivity index (χ4v) is 0.378. The summed E-state index contributed by atoms with van der Waals surface area (Å²) < 4.78 is 0. The van der Waals surface area contributed by atoms with Crippen LogP contribution in [0.25, 0.3) is 0 Å². The Hall–Kier alpha value is -0.890. The second-order valence-electron chi connectivity index (χ2n) is 1.35. The van der Waals surface area contributed by atoms with Gasteiger partial charge in [-0.2, -0.15) is 0 Å². The molecule has 0 radical (unpaired) electrons. The standard InChI is InChI=1S/C4H5O4P/c5-3(6)1-2(9)4(7)8/h9H,1H2,(H,5,6)(H,7,8). The van der Waals surface area contributed by atoms with Crippen LogP contribution in [0.4, 0.5) is 0 Å². The third-order valence-corrected chi connectivity index (χ3v) is 0.977. The molecule has 0 atom stereocenters. The van der Waals surface area contributed by atoms with Crippen molar-refractivity contribution in [1.82, 2.24) is 0 Å². The molecule has 0 aliphatic heterocycles. The Bertz CT molecular complexity index is 162. The first-order chi connectivity index (χ1) is 4.04. The van der Waals surface area contributed by atoms with Crippen molar-refractivity contribution in [3.63, 3.8) is 0 Å². The molecule has 4 nitrogen and oxygen atoms in total. The van der Waals surface area contributed by atoms with E-state index in [0.717, 1.165) is 0 Å². The molecule has 0 aliphatic rings. The molecule has 50 valence electrons. The van der Waals surface area contributed by atoms with E-state index in [1.165, 1.54) is 0 Å². The van der Waals surface area contributed by atoms with Gasteiger partial charge in [0.15, 0.2) is 0 Å². The summed E-state index contributed by atoms with van der Waals surface area (Å²) >= 11 is 0. The van der Waals surface area contributed by atoms with Gasteiger partial charge >= 0.3 is 11.9 Å². The molecule has 0 unspecified atom stereocenters. The Morgan fingerprint density at radius 3 is 1.89 bits per heavy atom. The molecule has 0 saturated heterocycles. The quantitative estimate of drug-likeness (QED) is 0.546. The van der Waals surface area contributed by atoms with Crippen molar-refractivity contribution in [3.05, 3.63) is 0 Å². The summed E-state index contributed by atoms with van der Waals surface area (Å²) in [5.41, 5.74) is 0. The minimum absolute atomic E-state index is 0.248. The predicted molar refractivity (Wildman–Crippen MR) is 33.2 cm³/mol. The Morgan fingerprint density at radius 2 is 1.78 bits per heavy atom. The number of carbonyl (C=O) groups is 2. The maximum absolute atomic E-state index is 9.89. The van der Waals surface area contributed by atoms with Crippen molar-refractivity contribution in [3.8, 4) is 0 Å². The summed E-state index contributed by atoms with van der Waals surface area (Å²) in [6.45, 7) is 0. The van der Waals surface area contributed by atoms with E-state index >= 15 is 0 Å². The Kier molecular flexibility index (Phi) is 2.88. The zero-order valence-electron chi connectivity index (χ0n) is 4.42. The van der Waals surface area contributed by atoms with Gasteiger partial charge in [0.2, 0.25) is 0 Å². The Morgan fingerprint density at radius 1 is 1.33 bits per heavy atom. The Labute approximate surface area is 53.3 Å². The van der Waals surface area contributed by atoms with E-state index in [0.29, 0.717) is 0 Å². The number of rotatable bonds is 3. The van der Waals surface area contributed by atoms with Crippen molar-refractivity contribution in [1.29, 1.82) is 0 Å². The fraction of sp³-hybridized carbons (Fsp3) is 0.250. The molecular weight excluding hydrogens is 143 g/mol. The first kappa shape index (κ1) is 8.11. The first-order valence-corrected chi connectivity index (χ1v) is 2.56. The normalized spacial score (nSPS) is 8.44. The van der Waals surface area contributed by atoms with Crippen LogP contribution in [0.3, 0.4) is 0 Å². The Balaban J connectivity index is 3.79. The SMILES string of the molecule is O=C(O)CC(=P)C(=O)O. The van der Waals surface area contributed by atoms with Crippen LogP contribution in [-0.2, 0) is 9.59 Å². The van der Waals surface area contributed by atoms with Gasteiger partial charge in [0, 0.05) is 0 Å². The van der Waals surface area contributed by atoms with Gasteiger partial charge in [0.1, 0.15) is 0 Å². The van der Waals surface area contributed by atoms with Crippen LogP contribution < -0.4 is 0 Å². The van der Waals surface area contributed by atoms with Crippen molar-refractivity contribution >= 4 is 26.1 Å². The maximum atomic E-state index is 9.89. The molecule has 0 aromatic carbocycles. The van der Waals surface area contributed by atoms with Crippen LogP contribution in [0.2, 0.25) is 0 Å². The lowest BCUT2D eigenvalue weighted by atomic mass is 10.3. The second kappa shape index (κ2) is 3.20. The van der Waals surface area contributed by atoms with Crippen molar-refractivity contribution in [2.24, 2.45) is 0 Å². The highest BCUT2D eigenvalue weighted by Crippen LogP contribution is 1.88. The molecule has 5 heteroatoms. The average molecular weight is 148 g/mol. The van der Waals surface area contributed by atoms with Gasteiger partial charge in [-0.05, 0) is 0 Å². The monoisotopic (exact) mass is 148 g/mol. The average Bonchev–Trinajstić information content (AvgIpc) is 1.63. The smallest absolute Gasteiger partial charge is 0.336 e. The van der Waals surface area contributed by atoms with Gasteiger partial charge in [-0.3, -0.25) is 4.79 Å². The molecule has 0 aromatic heterocycles. The predicted octanol–water partition coefficient (Wildman–Crippen LogP) is -0.139. The van der Waals surface area contributed by atoms with Crippen LogP contribution >= 0.6 is 8.86 Å². The first-order valence-electron chi connectivity index (χ1n) is 2.06. The zero-order chi connectivity index (χ0) is 7.44. The van der Waals surface area contributed by atoms with Gasteiger partial charge < -0.3 is 10.2 Å². The van der Waals surface area contributed by atoms with E-state index in [1.54, 1.807) is 0 Å². The van der Waals surface area contributed by atoms with E-state index in [1.807, 2.05) is 0 Å². The second-order valence-corrected chi connectivity index (χ2v) is 1.96. The highest BCUT2D eigenvalue weighted by Gasteiger charge is 2.08. The summed E-state index contributed by atoms with van der Waals surface area (Å²) in [6.07, 6.45) is -0.480. The van der Waals surface area contributed by atoms with Crippen LogP contribution in [0.1, 0.15) is 6.42 Å². The molecule has 0 saturated carbocycles. The topological polar surface area (TPSA) is 74.6 Å². The van der Waals surface area contributed by atoms with Crippen LogP contribution in [-0.4, -0.2) is 27.4 Å². The van der Waals surface area contributed by atoms with E-state index in [2.05, 4.69) is 8.86 Å². The third-order valence-electron chi connectivity index (χ3n) is 0.586. The van der Waals surface area contributed by atoms with Gasteiger partial charge in [0.25, 0.3) is 0 Å². The summed E-state index contributed by atoms with van der Waals surface area (Å²) in [5, 5.41) is 15.9. The zero-order valence-corrected chi connectivity index (χ0v) is 5.42. The molecule has 0 aliphatic carbocycles. The summed E-state index contributed by atoms with van der Waals surface area (Å²) in [4.78, 5) is 19.7. The number of hydrogen-bond donors (Lipinski definition) is 2. The third kappa shape index (κ3) is 3.67. The summed E-state index contributed by atoms with van der Waals surface area (Å²) in [7, 11) is 2.63. The van der Waals surface area contributed by atoms with Gasteiger partial charge in [-0.25, -0.2) is 4.79 Å². The van der Waals surface area contributed by atoms with E-state index in [4.69, 9.17) is 10.2 Å². The number of hydrogen-bond acceptors (Lipinski definition) is 2. The minimum atomic E-state index is -1.24. The molecular formula is C4H5O4P. The molecule has 0 fully saturated rings. The molecule has 9 heavy (non-hydrogen) atoms. The van der Waals surface area contributed by atoms with Crippen LogP contribution in [0, 0.1) is 0 Å². The summed E-state index contributed by atoms with van der Waals surface area (Å²) in [5.74, 6) is -2.41. The lowest BCUT2D eigenvalue weighted by Gasteiger charge is -1.90. The number of aliphatic carboxylic acids is 2. The molecule has 0 amide bonds. The molecule has 0 rings (SSSR count). The van der Waals surface area contributed by atoms with Gasteiger partial charge in [-0.1, -0.05) is 0 Å². The van der Waals surface area contributed by atoms with Crippen molar-refractivity contribution < 1.29 is 19.8 Å². The number of carboxylic acids is 2. The maximum Gasteiger partial charge on any atom is 0.336 e. The van der Waals surface area contributed by atoms with E-state index in [9.17, 15) is 9.59 Å². The number of carboxylic acid groups (broad SMARTS) is 2. The lowest BCUT2D eigenvalue weighted by molar-refractivity contribution is -0.137. The fourth-order valence-electron chi connectivity index (χ4n) is 0.227. The van der Waals surface area contributed by atoms with Crippen molar-refractivity contribution in [2.45, 2.75) is 6.42 Å². The largest absolute Gasteiger partial charge is 0.481 e. The van der Waals surface area contributed by atoms with E-state index < -0.39 is 18.4 Å². The van der Waals surface area contributed by atoms with E-state index in [-0.39, 0.29) is 5.29 Å². The molecule has 0 heterocycles. The molecule has 2 N–H and O–H groups in total. The molecule has 0 bridgehead atoms. The van der Waals surface area contributed by atoms with Crippen LogP contribution in [0.5, 0.6) is 0 Å². The van der Waals surface area contributed by atoms with Gasteiger partial charge in [0.05, 0.1) is 11.7 Å². The molecule has 0 spiro atoms. The summed E-state index contributed by atoms with van der Waals surface area (Å²) in [6, 6.07) is 0. The van der Waals surface area contributed by atoms with Crippen molar-refractivity contribution in [2.75, 3.05) is 0 Å². The minimum Gasteiger partial charge on any atom is -0.481 e. The highest BCUT2D eigenvalue weighted by atomic mass is 31.0. The van der Waals surface area contributed by atoms with Gasteiger partial charge in [-0.15, -0.1) is 8.86 Å². The molecule has 0 aromatic rings.